The largest absolute Gasteiger partial charge is 0.385 e. The van der Waals surface area contributed by atoms with Crippen molar-refractivity contribution in [2.24, 2.45) is 0 Å². The van der Waals surface area contributed by atoms with E-state index in [1.165, 1.54) is 0 Å². The Balaban J connectivity index is 2.36. The van der Waals surface area contributed by atoms with Crippen molar-refractivity contribution in [1.82, 2.24) is 0 Å². The molecule has 0 heterocycles. The Kier molecular flexibility index (Phi) is 2.54. The Morgan fingerprint density at radius 2 is 1.93 bits per heavy atom. The van der Waals surface area contributed by atoms with Gasteiger partial charge in [-0.15, -0.1) is 0 Å². The molecule has 2 rings (SSSR count). The molecule has 0 bridgehead atoms. The van der Waals surface area contributed by atoms with E-state index >= 15 is 0 Å². The maximum Gasteiger partial charge on any atom is 0.0896 e. The average Bonchev–Trinajstić information content (AvgIpc) is 2.58. The third kappa shape index (κ3) is 1.67. The molecule has 14 heavy (non-hydrogen) atoms. The summed E-state index contributed by atoms with van der Waals surface area (Å²) in [6.45, 7) is 1.98. The van der Waals surface area contributed by atoms with Gasteiger partial charge in [0.2, 0.25) is 0 Å². The predicted octanol–water partition coefficient (Wildman–Crippen LogP) is 3.41. The van der Waals surface area contributed by atoms with Crippen LogP contribution in [0.3, 0.4) is 0 Å². The minimum atomic E-state index is -0.588. The molecular weight excluding hydrogens is 196 g/mol. The predicted molar refractivity (Wildman–Crippen MR) is 58.6 cm³/mol. The third-order valence-corrected chi connectivity index (χ3v) is 3.55. The SMILES string of the molecule is Cc1cc(C2(O)CCCC2)ccc1Cl. The van der Waals surface area contributed by atoms with Crippen molar-refractivity contribution in [1.29, 1.82) is 0 Å². The van der Waals surface area contributed by atoms with Crippen molar-refractivity contribution < 1.29 is 5.11 Å². The summed E-state index contributed by atoms with van der Waals surface area (Å²) >= 11 is 5.95. The fraction of sp³-hybridized carbons (Fsp3) is 0.500. The van der Waals surface area contributed by atoms with Crippen molar-refractivity contribution in [3.05, 3.63) is 34.3 Å². The standard InChI is InChI=1S/C12H15ClO/c1-9-8-10(4-5-11(9)13)12(14)6-2-3-7-12/h4-5,8,14H,2-3,6-7H2,1H3. The van der Waals surface area contributed by atoms with Gasteiger partial charge in [-0.3, -0.25) is 0 Å². The van der Waals surface area contributed by atoms with Crippen molar-refractivity contribution in [2.45, 2.75) is 38.2 Å². The van der Waals surface area contributed by atoms with E-state index in [2.05, 4.69) is 0 Å². The third-order valence-electron chi connectivity index (χ3n) is 3.13. The zero-order chi connectivity index (χ0) is 10.2. The van der Waals surface area contributed by atoms with Gasteiger partial charge in [0, 0.05) is 5.02 Å². The minimum Gasteiger partial charge on any atom is -0.385 e. The topological polar surface area (TPSA) is 20.2 Å². The second kappa shape index (κ2) is 3.56. The van der Waals surface area contributed by atoms with E-state index in [0.717, 1.165) is 41.8 Å². The van der Waals surface area contributed by atoms with Crippen LogP contribution in [0, 0.1) is 6.92 Å². The number of hydrogen-bond acceptors (Lipinski definition) is 1. The highest BCUT2D eigenvalue weighted by Crippen LogP contribution is 2.39. The van der Waals surface area contributed by atoms with Crippen LogP contribution in [0.4, 0.5) is 0 Å². The molecule has 0 aromatic heterocycles. The van der Waals surface area contributed by atoms with Gasteiger partial charge >= 0.3 is 0 Å². The summed E-state index contributed by atoms with van der Waals surface area (Å²) in [5, 5.41) is 11.1. The van der Waals surface area contributed by atoms with Gasteiger partial charge in [0.15, 0.2) is 0 Å². The molecule has 0 unspecified atom stereocenters. The van der Waals surface area contributed by atoms with E-state index < -0.39 is 5.60 Å². The highest BCUT2D eigenvalue weighted by molar-refractivity contribution is 6.31. The first-order valence-corrected chi connectivity index (χ1v) is 5.49. The van der Waals surface area contributed by atoms with E-state index in [9.17, 15) is 5.11 Å². The molecule has 76 valence electrons. The van der Waals surface area contributed by atoms with Crippen LogP contribution in [0.2, 0.25) is 5.02 Å². The summed E-state index contributed by atoms with van der Waals surface area (Å²) in [6.07, 6.45) is 4.01. The summed E-state index contributed by atoms with van der Waals surface area (Å²) < 4.78 is 0. The molecule has 0 saturated heterocycles. The Hall–Kier alpha value is -0.530. The second-order valence-electron chi connectivity index (χ2n) is 4.20. The van der Waals surface area contributed by atoms with Gasteiger partial charge in [0.1, 0.15) is 0 Å². The highest BCUT2D eigenvalue weighted by atomic mass is 35.5. The summed E-state index contributed by atoms with van der Waals surface area (Å²) in [5.74, 6) is 0. The Labute approximate surface area is 89.7 Å². The number of hydrogen-bond donors (Lipinski definition) is 1. The molecule has 1 fully saturated rings. The lowest BCUT2D eigenvalue weighted by atomic mass is 9.91. The van der Waals surface area contributed by atoms with Crippen LogP contribution < -0.4 is 0 Å². The van der Waals surface area contributed by atoms with Gasteiger partial charge in [-0.1, -0.05) is 36.6 Å². The maximum atomic E-state index is 10.3. The van der Waals surface area contributed by atoms with Gasteiger partial charge in [-0.05, 0) is 37.0 Å². The molecule has 0 spiro atoms. The lowest BCUT2D eigenvalue weighted by molar-refractivity contribution is 0.0444. The molecule has 1 nitrogen and oxygen atoms in total. The smallest absolute Gasteiger partial charge is 0.0896 e. The highest BCUT2D eigenvalue weighted by Gasteiger charge is 2.32. The van der Waals surface area contributed by atoms with Crippen LogP contribution in [0.25, 0.3) is 0 Å². The number of aliphatic hydroxyl groups is 1. The van der Waals surface area contributed by atoms with Crippen molar-refractivity contribution in [2.75, 3.05) is 0 Å². The fourth-order valence-corrected chi connectivity index (χ4v) is 2.30. The van der Waals surface area contributed by atoms with E-state index in [-0.39, 0.29) is 0 Å². The molecule has 0 amide bonds. The Bertz CT molecular complexity index is 340. The van der Waals surface area contributed by atoms with E-state index in [1.807, 2.05) is 25.1 Å². The molecule has 1 aromatic carbocycles. The quantitative estimate of drug-likeness (QED) is 0.753. The van der Waals surface area contributed by atoms with Crippen LogP contribution >= 0.6 is 11.6 Å². The van der Waals surface area contributed by atoms with Crippen molar-refractivity contribution >= 4 is 11.6 Å². The second-order valence-corrected chi connectivity index (χ2v) is 4.61. The number of benzene rings is 1. The summed E-state index contributed by atoms with van der Waals surface area (Å²) in [6, 6.07) is 5.83. The molecule has 1 N–H and O–H groups in total. The molecule has 0 radical (unpaired) electrons. The monoisotopic (exact) mass is 210 g/mol. The van der Waals surface area contributed by atoms with Gasteiger partial charge in [0.25, 0.3) is 0 Å². The van der Waals surface area contributed by atoms with E-state index in [1.54, 1.807) is 0 Å². The van der Waals surface area contributed by atoms with Gasteiger partial charge in [0.05, 0.1) is 5.60 Å². The lowest BCUT2D eigenvalue weighted by Gasteiger charge is -2.23. The first kappa shape index (κ1) is 10.0. The number of aryl methyl sites for hydroxylation is 1. The Morgan fingerprint density at radius 3 is 2.50 bits per heavy atom. The van der Waals surface area contributed by atoms with Crippen LogP contribution in [-0.2, 0) is 5.60 Å². The molecule has 1 aliphatic carbocycles. The molecule has 1 aliphatic rings. The first-order chi connectivity index (χ1) is 6.62. The average molecular weight is 211 g/mol. The molecule has 2 heteroatoms. The van der Waals surface area contributed by atoms with Crippen LogP contribution in [0.1, 0.15) is 36.8 Å². The first-order valence-electron chi connectivity index (χ1n) is 5.11. The normalized spacial score (nSPS) is 19.9. The molecule has 0 aliphatic heterocycles. The summed E-state index contributed by atoms with van der Waals surface area (Å²) in [4.78, 5) is 0. The van der Waals surface area contributed by atoms with E-state index in [4.69, 9.17) is 11.6 Å². The number of halogens is 1. The summed E-state index contributed by atoms with van der Waals surface area (Å²) in [7, 11) is 0. The van der Waals surface area contributed by atoms with E-state index in [0.29, 0.717) is 0 Å². The van der Waals surface area contributed by atoms with Crippen LogP contribution in [-0.4, -0.2) is 5.11 Å². The zero-order valence-corrected chi connectivity index (χ0v) is 9.14. The summed E-state index contributed by atoms with van der Waals surface area (Å²) in [5.41, 5.74) is 1.48. The molecule has 1 saturated carbocycles. The van der Waals surface area contributed by atoms with Crippen LogP contribution in [0.15, 0.2) is 18.2 Å². The maximum absolute atomic E-state index is 10.3. The molecular formula is C12H15ClO. The zero-order valence-electron chi connectivity index (χ0n) is 8.39. The van der Waals surface area contributed by atoms with Crippen LogP contribution in [0.5, 0.6) is 0 Å². The van der Waals surface area contributed by atoms with Gasteiger partial charge in [-0.2, -0.15) is 0 Å². The molecule has 0 atom stereocenters. The number of rotatable bonds is 1. The fourth-order valence-electron chi connectivity index (χ4n) is 2.18. The van der Waals surface area contributed by atoms with Crippen molar-refractivity contribution in [3.63, 3.8) is 0 Å². The van der Waals surface area contributed by atoms with Gasteiger partial charge < -0.3 is 5.11 Å². The molecule has 1 aromatic rings. The van der Waals surface area contributed by atoms with Gasteiger partial charge in [-0.25, -0.2) is 0 Å². The Morgan fingerprint density at radius 1 is 1.29 bits per heavy atom. The van der Waals surface area contributed by atoms with Crippen molar-refractivity contribution in [3.8, 4) is 0 Å². The lowest BCUT2D eigenvalue weighted by Crippen LogP contribution is -2.20. The minimum absolute atomic E-state index is 0.588.